The number of para-hydroxylation sites is 2. The minimum Gasteiger partial charge on any atom is -0.336 e. The molecule has 1 aliphatic rings. The molecule has 0 N–H and O–H groups in total. The zero-order valence-corrected chi connectivity index (χ0v) is 14.8. The highest BCUT2D eigenvalue weighted by Gasteiger charge is 2.29. The Morgan fingerprint density at radius 3 is 2.48 bits per heavy atom. The molecule has 1 aromatic carbocycles. The van der Waals surface area contributed by atoms with Gasteiger partial charge >= 0.3 is 5.69 Å². The van der Waals surface area contributed by atoms with Gasteiger partial charge in [0.15, 0.2) is 0 Å². The summed E-state index contributed by atoms with van der Waals surface area (Å²) in [4.78, 5) is 27.5. The van der Waals surface area contributed by atoms with E-state index in [-0.39, 0.29) is 30.2 Å². The molecule has 0 spiro atoms. The first-order chi connectivity index (χ1) is 12.0. The van der Waals surface area contributed by atoms with Crippen molar-refractivity contribution >= 4 is 22.7 Å². The molecule has 1 amide bonds. The van der Waals surface area contributed by atoms with Crippen LogP contribution in [0, 0.1) is 0 Å². The number of amides is 1. The van der Waals surface area contributed by atoms with Crippen molar-refractivity contribution in [3.8, 4) is 0 Å². The van der Waals surface area contributed by atoms with Crippen LogP contribution >= 0.6 is 0 Å². The van der Waals surface area contributed by atoms with E-state index < -0.39 is 0 Å². The van der Waals surface area contributed by atoms with E-state index in [0.29, 0.717) is 5.78 Å². The Bertz CT molecular complexity index is 1000. The van der Waals surface area contributed by atoms with Gasteiger partial charge in [0.05, 0.1) is 11.0 Å². The van der Waals surface area contributed by atoms with Crippen LogP contribution in [0.15, 0.2) is 29.1 Å². The lowest BCUT2D eigenvalue weighted by molar-refractivity contribution is -0.138. The van der Waals surface area contributed by atoms with Crippen LogP contribution in [0.2, 0.25) is 0 Å². The third kappa shape index (κ3) is 2.37. The van der Waals surface area contributed by atoms with Gasteiger partial charge in [0.1, 0.15) is 6.54 Å². The summed E-state index contributed by atoms with van der Waals surface area (Å²) in [5.74, 6) is 0.522. The maximum Gasteiger partial charge on any atom is 0.352 e. The van der Waals surface area contributed by atoms with Crippen LogP contribution in [0.5, 0.6) is 0 Å². The van der Waals surface area contributed by atoms with Crippen molar-refractivity contribution in [1.82, 2.24) is 23.6 Å². The first-order valence-corrected chi connectivity index (χ1v) is 8.83. The third-order valence-electron chi connectivity index (χ3n) is 5.37. The minimum atomic E-state index is -0.266. The molecular weight excluding hydrogens is 318 g/mol. The molecule has 0 radical (unpaired) electrons. The highest BCUT2D eigenvalue weighted by molar-refractivity contribution is 5.80. The molecule has 132 valence electrons. The zero-order chi connectivity index (χ0) is 17.7. The maximum atomic E-state index is 12.8. The predicted molar refractivity (Wildman–Crippen MR) is 95.6 cm³/mol. The van der Waals surface area contributed by atoms with E-state index in [2.05, 4.69) is 18.9 Å². The molecule has 25 heavy (non-hydrogen) atoms. The fourth-order valence-corrected chi connectivity index (χ4v) is 4.09. The van der Waals surface area contributed by atoms with Gasteiger partial charge in [-0.25, -0.2) is 13.9 Å². The fourth-order valence-electron chi connectivity index (χ4n) is 4.09. The number of imidazole rings is 1. The smallest absolute Gasteiger partial charge is 0.336 e. The lowest BCUT2D eigenvalue weighted by atomic mass is 9.97. The lowest BCUT2D eigenvalue weighted by Gasteiger charge is -2.39. The monoisotopic (exact) mass is 341 g/mol. The van der Waals surface area contributed by atoms with E-state index in [1.807, 2.05) is 40.8 Å². The summed E-state index contributed by atoms with van der Waals surface area (Å²) in [6.45, 7) is 4.14. The first-order valence-electron chi connectivity index (χ1n) is 8.83. The number of carbonyl (C=O) groups excluding carboxylic acids is 1. The van der Waals surface area contributed by atoms with Gasteiger partial charge < -0.3 is 9.47 Å². The Morgan fingerprint density at radius 2 is 1.80 bits per heavy atom. The number of fused-ring (bicyclic) bond motifs is 3. The van der Waals surface area contributed by atoms with Crippen LogP contribution < -0.4 is 5.69 Å². The molecule has 0 saturated carbocycles. The second-order valence-electron chi connectivity index (χ2n) is 7.05. The molecule has 3 heterocycles. The number of aryl methyl sites for hydroxylation is 1. The van der Waals surface area contributed by atoms with Crippen LogP contribution in [0.4, 0.5) is 0 Å². The third-order valence-corrected chi connectivity index (χ3v) is 5.37. The molecule has 2 aromatic heterocycles. The Labute approximate surface area is 145 Å². The second-order valence-corrected chi connectivity index (χ2v) is 7.05. The van der Waals surface area contributed by atoms with Crippen molar-refractivity contribution in [3.05, 3.63) is 34.7 Å². The Kier molecular flexibility index (Phi) is 3.67. The Morgan fingerprint density at radius 1 is 1.16 bits per heavy atom. The van der Waals surface area contributed by atoms with E-state index in [9.17, 15) is 9.59 Å². The molecular formula is C18H23N5O2. The highest BCUT2D eigenvalue weighted by Crippen LogP contribution is 2.23. The van der Waals surface area contributed by atoms with Gasteiger partial charge in [-0.2, -0.15) is 0 Å². The van der Waals surface area contributed by atoms with Gasteiger partial charge in [0, 0.05) is 19.1 Å². The second kappa shape index (κ2) is 5.75. The van der Waals surface area contributed by atoms with Crippen molar-refractivity contribution in [2.24, 2.45) is 7.05 Å². The number of likely N-dealkylation sites (tertiary alicyclic amines) is 1. The van der Waals surface area contributed by atoms with E-state index in [1.54, 1.807) is 4.40 Å². The molecule has 3 aromatic rings. The average Bonchev–Trinajstić information content (AvgIpc) is 3.04. The molecule has 0 unspecified atom stereocenters. The number of rotatable bonds is 2. The van der Waals surface area contributed by atoms with Gasteiger partial charge in [-0.15, -0.1) is 5.10 Å². The number of aromatic nitrogens is 4. The summed E-state index contributed by atoms with van der Waals surface area (Å²) < 4.78 is 4.74. The van der Waals surface area contributed by atoms with E-state index in [0.717, 1.165) is 30.3 Å². The van der Waals surface area contributed by atoms with Crippen LogP contribution in [0.3, 0.4) is 0 Å². The summed E-state index contributed by atoms with van der Waals surface area (Å²) in [6, 6.07) is 8.11. The molecule has 1 aliphatic heterocycles. The van der Waals surface area contributed by atoms with Crippen molar-refractivity contribution in [3.63, 3.8) is 0 Å². The number of piperidine rings is 1. The molecule has 1 saturated heterocycles. The van der Waals surface area contributed by atoms with Gasteiger partial charge in [0.2, 0.25) is 11.7 Å². The zero-order valence-electron chi connectivity index (χ0n) is 14.8. The molecule has 2 atom stereocenters. The normalized spacial score (nSPS) is 21.3. The van der Waals surface area contributed by atoms with E-state index in [1.165, 1.54) is 4.68 Å². The summed E-state index contributed by atoms with van der Waals surface area (Å²) in [7, 11) is 1.88. The number of benzene rings is 1. The van der Waals surface area contributed by atoms with Crippen LogP contribution in [0.1, 0.15) is 33.1 Å². The van der Waals surface area contributed by atoms with Gasteiger partial charge in [-0.05, 0) is 45.2 Å². The van der Waals surface area contributed by atoms with E-state index >= 15 is 0 Å². The maximum absolute atomic E-state index is 12.8. The average molecular weight is 341 g/mol. The molecule has 7 nitrogen and oxygen atoms in total. The van der Waals surface area contributed by atoms with Gasteiger partial charge in [-0.1, -0.05) is 12.1 Å². The first kappa shape index (κ1) is 15.9. The number of hydrogen-bond acceptors (Lipinski definition) is 3. The lowest BCUT2D eigenvalue weighted by Crippen LogP contribution is -2.49. The van der Waals surface area contributed by atoms with Gasteiger partial charge in [-0.3, -0.25) is 4.79 Å². The summed E-state index contributed by atoms with van der Waals surface area (Å²) in [5.41, 5.74) is 1.49. The fraction of sp³-hybridized carbons (Fsp3) is 0.500. The molecule has 0 bridgehead atoms. The minimum absolute atomic E-state index is 0.0104. The van der Waals surface area contributed by atoms with E-state index in [4.69, 9.17) is 0 Å². The highest BCUT2D eigenvalue weighted by atomic mass is 16.2. The largest absolute Gasteiger partial charge is 0.352 e. The Hall–Kier alpha value is -2.57. The van der Waals surface area contributed by atoms with Crippen LogP contribution in [-0.4, -0.2) is 41.6 Å². The topological polar surface area (TPSA) is 64.5 Å². The SMILES string of the molecule is C[C@@H]1CCC[C@@H](C)N1C(=O)Cn1nc2n(C)c3ccccc3n2c1=O. The summed E-state index contributed by atoms with van der Waals surface area (Å²) >= 11 is 0. The number of carbonyl (C=O) groups is 1. The molecule has 1 fully saturated rings. The van der Waals surface area contributed by atoms with Crippen LogP contribution in [-0.2, 0) is 18.4 Å². The number of hydrogen-bond donors (Lipinski definition) is 0. The van der Waals surface area contributed by atoms with Crippen molar-refractivity contribution < 1.29 is 4.79 Å². The quantitative estimate of drug-likeness (QED) is 0.714. The van der Waals surface area contributed by atoms with Crippen molar-refractivity contribution in [2.45, 2.75) is 51.7 Å². The number of nitrogens with zero attached hydrogens (tertiary/aromatic N) is 5. The van der Waals surface area contributed by atoms with Crippen LogP contribution in [0.25, 0.3) is 16.8 Å². The predicted octanol–water partition coefficient (Wildman–Crippen LogP) is 1.78. The van der Waals surface area contributed by atoms with Crippen molar-refractivity contribution in [2.75, 3.05) is 0 Å². The Balaban J connectivity index is 1.73. The summed E-state index contributed by atoms with van der Waals surface area (Å²) in [5, 5.41) is 4.42. The molecule has 0 aliphatic carbocycles. The van der Waals surface area contributed by atoms with Gasteiger partial charge in [0.25, 0.3) is 0 Å². The molecule has 4 rings (SSSR count). The summed E-state index contributed by atoms with van der Waals surface area (Å²) in [6.07, 6.45) is 3.17. The molecule has 7 heteroatoms. The standard InChI is InChI=1S/C18H23N5O2/c1-12-7-6-8-13(2)22(12)16(24)11-21-18(25)23-15-10-5-4-9-14(15)20(3)17(23)19-21/h4-5,9-10,12-13H,6-8,11H2,1-3H3/t12-,13-/m1/s1. The van der Waals surface area contributed by atoms with Crippen molar-refractivity contribution in [1.29, 1.82) is 0 Å².